The number of hydrogen-bond acceptors (Lipinski definition) is 3. The van der Waals surface area contributed by atoms with Gasteiger partial charge in [0.1, 0.15) is 11.5 Å². The van der Waals surface area contributed by atoms with Crippen molar-refractivity contribution in [1.82, 2.24) is 19.2 Å². The molecule has 0 unspecified atom stereocenters. The Labute approximate surface area is 98.5 Å². The molecule has 0 saturated heterocycles. The van der Waals surface area contributed by atoms with Crippen LogP contribution in [0.25, 0.3) is 5.65 Å². The number of aryl methyl sites for hydroxylation is 1. The molecule has 0 aliphatic heterocycles. The number of pyridine rings is 1. The highest BCUT2D eigenvalue weighted by Crippen LogP contribution is 2.10. The van der Waals surface area contributed by atoms with Gasteiger partial charge in [-0.2, -0.15) is 5.10 Å². The van der Waals surface area contributed by atoms with Crippen LogP contribution in [-0.2, 0) is 6.54 Å². The van der Waals surface area contributed by atoms with Gasteiger partial charge in [0.2, 0.25) is 0 Å². The average Bonchev–Trinajstić information content (AvgIpc) is 2.82. The number of imidazole rings is 1. The highest BCUT2D eigenvalue weighted by Gasteiger charge is 2.05. The minimum Gasteiger partial charge on any atom is -0.384 e. The number of nitrogens with two attached hydrogens (primary N) is 1. The van der Waals surface area contributed by atoms with Crippen LogP contribution in [0.3, 0.4) is 0 Å². The summed E-state index contributed by atoms with van der Waals surface area (Å²) in [5, 5.41) is 4.32. The van der Waals surface area contributed by atoms with Crippen LogP contribution < -0.4 is 5.73 Å². The zero-order chi connectivity index (χ0) is 11.8. The normalized spacial score (nSPS) is 11.1. The van der Waals surface area contributed by atoms with E-state index in [0.29, 0.717) is 12.4 Å². The molecular weight excluding hydrogens is 214 g/mol. The van der Waals surface area contributed by atoms with Crippen LogP contribution in [0, 0.1) is 6.92 Å². The molecule has 86 valence electrons. The van der Waals surface area contributed by atoms with Gasteiger partial charge in [0.05, 0.1) is 17.9 Å². The summed E-state index contributed by atoms with van der Waals surface area (Å²) in [4.78, 5) is 4.50. The predicted octanol–water partition coefficient (Wildman–Crippen LogP) is 1.47. The van der Waals surface area contributed by atoms with Gasteiger partial charge in [-0.25, -0.2) is 9.67 Å². The number of aromatic nitrogens is 4. The molecule has 0 saturated carbocycles. The summed E-state index contributed by atoms with van der Waals surface area (Å²) in [6.45, 7) is 2.53. The lowest BCUT2D eigenvalue weighted by Crippen LogP contribution is -2.06. The van der Waals surface area contributed by atoms with E-state index in [-0.39, 0.29) is 0 Å². The Kier molecular flexibility index (Phi) is 2.11. The first-order chi connectivity index (χ1) is 8.22. The number of nitrogen functional groups attached to an aromatic ring is 1. The third-order valence-corrected chi connectivity index (χ3v) is 2.66. The van der Waals surface area contributed by atoms with Gasteiger partial charge in [-0.3, -0.25) is 0 Å². The number of hydrogen-bond donors (Lipinski definition) is 1. The maximum atomic E-state index is 5.85. The van der Waals surface area contributed by atoms with E-state index in [4.69, 9.17) is 5.73 Å². The molecule has 3 heterocycles. The van der Waals surface area contributed by atoms with Crippen molar-refractivity contribution in [3.63, 3.8) is 0 Å². The average molecular weight is 227 g/mol. The molecular formula is C12H13N5. The zero-order valence-corrected chi connectivity index (χ0v) is 9.54. The molecule has 0 bridgehead atoms. The first kappa shape index (κ1) is 9.89. The first-order valence-electron chi connectivity index (χ1n) is 5.45. The van der Waals surface area contributed by atoms with Crippen molar-refractivity contribution >= 4 is 11.5 Å². The monoisotopic (exact) mass is 227 g/mol. The Morgan fingerprint density at radius 3 is 2.94 bits per heavy atom. The van der Waals surface area contributed by atoms with E-state index >= 15 is 0 Å². The van der Waals surface area contributed by atoms with E-state index in [1.54, 1.807) is 4.68 Å². The summed E-state index contributed by atoms with van der Waals surface area (Å²) in [5.41, 5.74) is 8.66. The van der Waals surface area contributed by atoms with Crippen molar-refractivity contribution in [1.29, 1.82) is 0 Å². The molecule has 17 heavy (non-hydrogen) atoms. The maximum absolute atomic E-state index is 5.85. The van der Waals surface area contributed by atoms with Crippen molar-refractivity contribution in [2.75, 3.05) is 5.73 Å². The molecule has 3 rings (SSSR count). The molecule has 0 fully saturated rings. The van der Waals surface area contributed by atoms with E-state index in [0.717, 1.165) is 17.0 Å². The summed E-state index contributed by atoms with van der Waals surface area (Å²) in [7, 11) is 0. The van der Waals surface area contributed by atoms with Gasteiger partial charge < -0.3 is 10.1 Å². The minimum absolute atomic E-state index is 0.599. The summed E-state index contributed by atoms with van der Waals surface area (Å²) < 4.78 is 3.75. The summed E-state index contributed by atoms with van der Waals surface area (Å²) >= 11 is 0. The smallest absolute Gasteiger partial charge is 0.137 e. The van der Waals surface area contributed by atoms with Gasteiger partial charge in [0.15, 0.2) is 0 Å². The summed E-state index contributed by atoms with van der Waals surface area (Å²) in [6, 6.07) is 7.78. The molecule has 3 aromatic rings. The van der Waals surface area contributed by atoms with Gasteiger partial charge in [-0.1, -0.05) is 6.07 Å². The maximum Gasteiger partial charge on any atom is 0.137 e. The van der Waals surface area contributed by atoms with Crippen LogP contribution in [0.15, 0.2) is 36.7 Å². The molecule has 0 aliphatic carbocycles. The topological polar surface area (TPSA) is 61.1 Å². The standard InChI is InChI=1S/C12H13N5/c1-9-6-11(13)17(15-9)8-10-7-16-5-3-2-4-12(16)14-10/h2-7H,8,13H2,1H3. The molecule has 5 nitrogen and oxygen atoms in total. The lowest BCUT2D eigenvalue weighted by atomic mass is 10.4. The summed E-state index contributed by atoms with van der Waals surface area (Å²) in [5.74, 6) is 0.666. The second-order valence-electron chi connectivity index (χ2n) is 4.07. The highest BCUT2D eigenvalue weighted by molar-refractivity contribution is 5.40. The van der Waals surface area contributed by atoms with E-state index in [9.17, 15) is 0 Å². The summed E-state index contributed by atoms with van der Waals surface area (Å²) in [6.07, 6.45) is 3.97. The first-order valence-corrected chi connectivity index (χ1v) is 5.45. The van der Waals surface area contributed by atoms with Crippen molar-refractivity contribution in [2.24, 2.45) is 0 Å². The van der Waals surface area contributed by atoms with Gasteiger partial charge in [-0.15, -0.1) is 0 Å². The second-order valence-corrected chi connectivity index (χ2v) is 4.07. The van der Waals surface area contributed by atoms with E-state index in [2.05, 4.69) is 10.1 Å². The molecule has 0 spiro atoms. The van der Waals surface area contributed by atoms with Crippen LogP contribution in [0.1, 0.15) is 11.4 Å². The number of fused-ring (bicyclic) bond motifs is 1. The van der Waals surface area contributed by atoms with Crippen LogP contribution >= 0.6 is 0 Å². The largest absolute Gasteiger partial charge is 0.384 e. The van der Waals surface area contributed by atoms with Gasteiger partial charge in [0.25, 0.3) is 0 Å². The Bertz CT molecular complexity index is 631. The van der Waals surface area contributed by atoms with Crippen molar-refractivity contribution < 1.29 is 0 Å². The third-order valence-electron chi connectivity index (χ3n) is 2.66. The van der Waals surface area contributed by atoms with Crippen molar-refractivity contribution in [3.05, 3.63) is 48.0 Å². The fraction of sp³-hybridized carbons (Fsp3) is 0.167. The molecule has 0 amide bonds. The van der Waals surface area contributed by atoms with E-state index in [1.165, 1.54) is 0 Å². The number of rotatable bonds is 2. The Balaban J connectivity index is 1.97. The number of nitrogens with zero attached hydrogens (tertiary/aromatic N) is 4. The van der Waals surface area contributed by atoms with Crippen LogP contribution in [0.5, 0.6) is 0 Å². The fourth-order valence-electron chi connectivity index (χ4n) is 1.91. The highest BCUT2D eigenvalue weighted by atomic mass is 15.3. The fourth-order valence-corrected chi connectivity index (χ4v) is 1.91. The van der Waals surface area contributed by atoms with Crippen molar-refractivity contribution in [3.8, 4) is 0 Å². The molecule has 0 aromatic carbocycles. The molecule has 0 atom stereocenters. The zero-order valence-electron chi connectivity index (χ0n) is 9.54. The molecule has 0 radical (unpaired) electrons. The van der Waals surface area contributed by atoms with Crippen LogP contribution in [0.2, 0.25) is 0 Å². The predicted molar refractivity (Wildman–Crippen MR) is 65.7 cm³/mol. The van der Waals surface area contributed by atoms with Gasteiger partial charge in [-0.05, 0) is 19.1 Å². The minimum atomic E-state index is 0.599. The Hall–Kier alpha value is -2.30. The molecule has 2 N–H and O–H groups in total. The second kappa shape index (κ2) is 3.62. The lowest BCUT2D eigenvalue weighted by molar-refractivity contribution is 0.678. The van der Waals surface area contributed by atoms with E-state index < -0.39 is 0 Å². The molecule has 5 heteroatoms. The van der Waals surface area contributed by atoms with Crippen LogP contribution in [-0.4, -0.2) is 19.2 Å². The lowest BCUT2D eigenvalue weighted by Gasteiger charge is -1.99. The number of anilines is 1. The molecule has 0 aliphatic rings. The quantitative estimate of drug-likeness (QED) is 0.721. The van der Waals surface area contributed by atoms with E-state index in [1.807, 2.05) is 48.0 Å². The Morgan fingerprint density at radius 1 is 1.35 bits per heavy atom. The van der Waals surface area contributed by atoms with Gasteiger partial charge in [0, 0.05) is 18.5 Å². The third kappa shape index (κ3) is 1.75. The SMILES string of the molecule is Cc1cc(N)n(Cc2cn3ccccc3n2)n1. The van der Waals surface area contributed by atoms with Gasteiger partial charge >= 0.3 is 0 Å². The Morgan fingerprint density at radius 2 is 2.24 bits per heavy atom. The van der Waals surface area contributed by atoms with Crippen LogP contribution in [0.4, 0.5) is 5.82 Å². The van der Waals surface area contributed by atoms with Crippen molar-refractivity contribution in [2.45, 2.75) is 13.5 Å². The molecule has 3 aromatic heterocycles.